The Morgan fingerprint density at radius 1 is 1.24 bits per heavy atom. The van der Waals surface area contributed by atoms with Gasteiger partial charge < -0.3 is 5.32 Å². The fourth-order valence-corrected chi connectivity index (χ4v) is 4.96. The molecule has 1 N–H and O–H groups in total. The summed E-state index contributed by atoms with van der Waals surface area (Å²) >= 11 is 1.83. The van der Waals surface area contributed by atoms with E-state index >= 15 is 0 Å². The molecule has 0 spiro atoms. The van der Waals surface area contributed by atoms with Crippen molar-refractivity contribution in [3.63, 3.8) is 0 Å². The molecule has 29 heavy (non-hydrogen) atoms. The third-order valence-electron chi connectivity index (χ3n) is 5.26. The normalized spacial score (nSPS) is 13.3. The number of aromatic nitrogens is 3. The predicted molar refractivity (Wildman–Crippen MR) is 112 cm³/mol. The van der Waals surface area contributed by atoms with Crippen molar-refractivity contribution < 1.29 is 9.18 Å². The Labute approximate surface area is 174 Å². The largest absolute Gasteiger partial charge is 0.352 e. The van der Waals surface area contributed by atoms with Crippen LogP contribution in [0, 0.1) is 5.82 Å². The summed E-state index contributed by atoms with van der Waals surface area (Å²) < 4.78 is 14.9. The van der Waals surface area contributed by atoms with Crippen LogP contribution in [0.2, 0.25) is 0 Å². The zero-order chi connectivity index (χ0) is 20.2. The Balaban J connectivity index is 1.35. The maximum absolute atomic E-state index is 13.2. The molecule has 0 atom stereocenters. The van der Waals surface area contributed by atoms with Gasteiger partial charge >= 0.3 is 0 Å². The van der Waals surface area contributed by atoms with E-state index in [-0.39, 0.29) is 11.7 Å². The maximum Gasteiger partial charge on any atom is 0.254 e. The Hall–Kier alpha value is -2.54. The summed E-state index contributed by atoms with van der Waals surface area (Å²) in [5.41, 5.74) is 3.43. The first-order valence-electron chi connectivity index (χ1n) is 10.2. The molecule has 7 heteroatoms. The van der Waals surface area contributed by atoms with E-state index < -0.39 is 0 Å². The molecule has 0 unspecified atom stereocenters. The minimum absolute atomic E-state index is 0.117. The molecule has 1 aromatic carbocycles. The number of carbonyl (C=O) groups is 1. The fourth-order valence-electron chi connectivity index (χ4n) is 3.76. The van der Waals surface area contributed by atoms with Crippen molar-refractivity contribution in [1.29, 1.82) is 0 Å². The molecule has 0 saturated heterocycles. The molecule has 2 aromatic heterocycles. The van der Waals surface area contributed by atoms with Gasteiger partial charge in [-0.3, -0.25) is 4.79 Å². The zero-order valence-electron chi connectivity index (χ0n) is 16.6. The van der Waals surface area contributed by atoms with E-state index in [4.69, 9.17) is 4.98 Å². The highest BCUT2D eigenvalue weighted by molar-refractivity contribution is 7.11. The number of aryl methyl sites for hydroxylation is 3. The second kappa shape index (κ2) is 8.86. The van der Waals surface area contributed by atoms with E-state index in [9.17, 15) is 9.18 Å². The van der Waals surface area contributed by atoms with Gasteiger partial charge in [0.2, 0.25) is 0 Å². The summed E-state index contributed by atoms with van der Waals surface area (Å²) in [5.74, 6) is -0.411. The van der Waals surface area contributed by atoms with Crippen LogP contribution < -0.4 is 5.32 Å². The lowest BCUT2D eigenvalue weighted by Crippen LogP contribution is -2.25. The van der Waals surface area contributed by atoms with Gasteiger partial charge in [-0.15, -0.1) is 11.3 Å². The molecule has 0 radical (unpaired) electrons. The first-order chi connectivity index (χ1) is 14.2. The highest BCUT2D eigenvalue weighted by Gasteiger charge is 2.18. The van der Waals surface area contributed by atoms with Crippen LogP contribution >= 0.6 is 11.3 Å². The van der Waals surface area contributed by atoms with Crippen LogP contribution in [0.5, 0.6) is 0 Å². The molecule has 0 fully saturated rings. The van der Waals surface area contributed by atoms with E-state index in [1.807, 2.05) is 18.3 Å². The van der Waals surface area contributed by atoms with Gasteiger partial charge in [-0.1, -0.05) is 6.92 Å². The highest BCUT2D eigenvalue weighted by Crippen LogP contribution is 2.27. The summed E-state index contributed by atoms with van der Waals surface area (Å²) in [7, 11) is 0. The number of carbonyl (C=O) groups excluding carboxylic acids is 1. The smallest absolute Gasteiger partial charge is 0.254 e. The zero-order valence-corrected chi connectivity index (χ0v) is 17.4. The second-order valence-corrected chi connectivity index (χ2v) is 8.46. The average Bonchev–Trinajstić information content (AvgIpc) is 3.35. The Morgan fingerprint density at radius 2 is 2.03 bits per heavy atom. The summed E-state index contributed by atoms with van der Waals surface area (Å²) in [6.45, 7) is 2.59. The van der Waals surface area contributed by atoms with Gasteiger partial charge in [0.05, 0.1) is 33.8 Å². The minimum atomic E-state index is -0.294. The SMILES string of the molecule is CCc1c(C(=O)NCCCc2nc3c(s2)CCCC3)cnn1-c1ccc(F)cc1. The van der Waals surface area contributed by atoms with Gasteiger partial charge in [0.15, 0.2) is 0 Å². The monoisotopic (exact) mass is 412 g/mol. The Kier molecular flexibility index (Phi) is 6.04. The molecule has 0 saturated carbocycles. The number of rotatable bonds is 7. The number of fused-ring (bicyclic) bond motifs is 1. The lowest BCUT2D eigenvalue weighted by molar-refractivity contribution is 0.0952. The third kappa shape index (κ3) is 4.40. The molecule has 3 aromatic rings. The molecular weight excluding hydrogens is 387 g/mol. The van der Waals surface area contributed by atoms with E-state index in [0.29, 0.717) is 18.5 Å². The van der Waals surface area contributed by atoms with Gasteiger partial charge in [-0.2, -0.15) is 5.10 Å². The maximum atomic E-state index is 13.2. The quantitative estimate of drug-likeness (QED) is 0.590. The van der Waals surface area contributed by atoms with Crippen LogP contribution in [0.25, 0.3) is 5.69 Å². The lowest BCUT2D eigenvalue weighted by Gasteiger charge is -2.08. The van der Waals surface area contributed by atoms with Crippen LogP contribution in [0.15, 0.2) is 30.5 Å². The standard InChI is InChI=1S/C22H25FN4OS/c1-2-19-17(14-25-27(19)16-11-9-15(23)10-12-16)22(28)24-13-5-8-21-26-18-6-3-4-7-20(18)29-21/h9-12,14H,2-8,13H2,1H3,(H,24,28). The van der Waals surface area contributed by atoms with Gasteiger partial charge in [-0.25, -0.2) is 14.1 Å². The molecule has 0 bridgehead atoms. The van der Waals surface area contributed by atoms with E-state index in [1.54, 1.807) is 23.0 Å². The first kappa shape index (κ1) is 19.8. The van der Waals surface area contributed by atoms with Crippen molar-refractivity contribution in [1.82, 2.24) is 20.1 Å². The van der Waals surface area contributed by atoms with Crippen molar-refractivity contribution in [2.45, 2.75) is 51.9 Å². The Bertz CT molecular complexity index is 969. The number of hydrogen-bond donors (Lipinski definition) is 1. The van der Waals surface area contributed by atoms with Crippen LogP contribution in [-0.2, 0) is 25.7 Å². The molecule has 5 nitrogen and oxygen atoms in total. The average molecular weight is 413 g/mol. The molecule has 1 aliphatic carbocycles. The number of hydrogen-bond acceptors (Lipinski definition) is 4. The van der Waals surface area contributed by atoms with Crippen LogP contribution in [0.3, 0.4) is 0 Å². The summed E-state index contributed by atoms with van der Waals surface area (Å²) in [4.78, 5) is 18.9. The molecule has 4 rings (SSSR count). The summed E-state index contributed by atoms with van der Waals surface area (Å²) in [5, 5.41) is 8.53. The van der Waals surface area contributed by atoms with Gasteiger partial charge in [0, 0.05) is 17.8 Å². The van der Waals surface area contributed by atoms with Crippen molar-refractivity contribution in [2.75, 3.05) is 6.54 Å². The highest BCUT2D eigenvalue weighted by atomic mass is 32.1. The molecular formula is C22H25FN4OS. The number of nitrogens with zero attached hydrogens (tertiary/aromatic N) is 3. The minimum Gasteiger partial charge on any atom is -0.352 e. The first-order valence-corrected chi connectivity index (χ1v) is 11.1. The molecule has 1 amide bonds. The summed E-state index contributed by atoms with van der Waals surface area (Å²) in [6.07, 6.45) is 8.81. The predicted octanol–water partition coefficient (Wildman–Crippen LogP) is 4.27. The molecule has 152 valence electrons. The summed E-state index contributed by atoms with van der Waals surface area (Å²) in [6, 6.07) is 6.12. The molecule has 1 aliphatic rings. The number of amides is 1. The van der Waals surface area contributed by atoms with Crippen molar-refractivity contribution >= 4 is 17.2 Å². The Morgan fingerprint density at radius 3 is 2.79 bits per heavy atom. The van der Waals surface area contributed by atoms with E-state index in [0.717, 1.165) is 30.6 Å². The van der Waals surface area contributed by atoms with E-state index in [2.05, 4.69) is 10.4 Å². The lowest BCUT2D eigenvalue weighted by atomic mass is 10.0. The van der Waals surface area contributed by atoms with Gasteiger partial charge in [0.1, 0.15) is 5.82 Å². The second-order valence-electron chi connectivity index (χ2n) is 7.29. The number of thiazole rings is 1. The van der Waals surface area contributed by atoms with Crippen LogP contribution in [0.4, 0.5) is 4.39 Å². The van der Waals surface area contributed by atoms with Gasteiger partial charge in [0.25, 0.3) is 5.91 Å². The van der Waals surface area contributed by atoms with Crippen LogP contribution in [-0.4, -0.2) is 27.2 Å². The van der Waals surface area contributed by atoms with Crippen LogP contribution in [0.1, 0.15) is 57.8 Å². The molecule has 0 aliphatic heterocycles. The fraction of sp³-hybridized carbons (Fsp3) is 0.409. The van der Waals surface area contributed by atoms with Crippen molar-refractivity contribution in [2.24, 2.45) is 0 Å². The van der Waals surface area contributed by atoms with Gasteiger partial charge in [-0.05, 0) is 62.8 Å². The topological polar surface area (TPSA) is 59.8 Å². The van der Waals surface area contributed by atoms with Crippen molar-refractivity contribution in [3.05, 3.63) is 63.1 Å². The third-order valence-corrected chi connectivity index (χ3v) is 6.48. The number of benzene rings is 1. The van der Waals surface area contributed by atoms with Crippen molar-refractivity contribution in [3.8, 4) is 5.69 Å². The number of nitrogens with one attached hydrogen (secondary N) is 1. The number of halogens is 1. The molecule has 2 heterocycles. The van der Waals surface area contributed by atoms with E-state index in [1.165, 1.54) is 47.0 Å².